The minimum atomic E-state index is -0.437. The van der Waals surface area contributed by atoms with Gasteiger partial charge in [0.15, 0.2) is 0 Å². The molecular weight excluding hydrogens is 322 g/mol. The number of hydrogen-bond acceptors (Lipinski definition) is 4. The van der Waals surface area contributed by atoms with Crippen LogP contribution in [0.15, 0.2) is 47.4 Å². The zero-order valence-corrected chi connectivity index (χ0v) is 13.0. The zero-order valence-electron chi connectivity index (χ0n) is 11.5. The Morgan fingerprint density at radius 1 is 1.27 bits per heavy atom. The van der Waals surface area contributed by atoms with Crippen molar-refractivity contribution < 1.29 is 14.3 Å². The van der Waals surface area contributed by atoms with Crippen molar-refractivity contribution in [2.24, 2.45) is 0 Å². The van der Waals surface area contributed by atoms with E-state index in [1.165, 1.54) is 11.8 Å². The van der Waals surface area contributed by atoms with E-state index in [1.807, 2.05) is 12.1 Å². The zero-order chi connectivity index (χ0) is 15.5. The number of carbonyl (C=O) groups excluding carboxylic acids is 2. The van der Waals surface area contributed by atoms with Crippen molar-refractivity contribution in [1.29, 1.82) is 0 Å². The van der Waals surface area contributed by atoms with E-state index < -0.39 is 5.97 Å². The van der Waals surface area contributed by atoms with E-state index in [0.717, 1.165) is 10.5 Å². The Bertz CT molecular complexity index is 748. The number of halogens is 1. The first kappa shape index (κ1) is 14.9. The predicted molar refractivity (Wildman–Crippen MR) is 86.4 cm³/mol. The van der Waals surface area contributed by atoms with Gasteiger partial charge in [0.05, 0.1) is 17.0 Å². The largest absolute Gasteiger partial charge is 0.457 e. The van der Waals surface area contributed by atoms with Crippen molar-refractivity contribution in [3.05, 3.63) is 58.6 Å². The number of nitrogens with one attached hydrogen (secondary N) is 1. The SMILES string of the molecule is O=C1CSc2ccc(C(=O)OCc3cccc(Cl)c3)cc2N1. The van der Waals surface area contributed by atoms with E-state index in [4.69, 9.17) is 16.3 Å². The fourth-order valence-corrected chi connectivity index (χ4v) is 3.07. The molecule has 0 aliphatic carbocycles. The van der Waals surface area contributed by atoms with Crippen LogP contribution >= 0.6 is 23.4 Å². The summed E-state index contributed by atoms with van der Waals surface area (Å²) in [5.41, 5.74) is 1.88. The number of ether oxygens (including phenoxy) is 1. The van der Waals surface area contributed by atoms with Crippen molar-refractivity contribution in [2.75, 3.05) is 11.1 Å². The Kier molecular flexibility index (Phi) is 4.36. The Morgan fingerprint density at radius 2 is 2.14 bits per heavy atom. The summed E-state index contributed by atoms with van der Waals surface area (Å²) in [5.74, 6) is -0.111. The van der Waals surface area contributed by atoms with Gasteiger partial charge in [0.2, 0.25) is 5.91 Å². The van der Waals surface area contributed by atoms with Crippen LogP contribution in [0.1, 0.15) is 15.9 Å². The first-order chi connectivity index (χ1) is 10.6. The number of fused-ring (bicyclic) bond motifs is 1. The number of esters is 1. The summed E-state index contributed by atoms with van der Waals surface area (Å²) < 4.78 is 5.27. The molecule has 2 aromatic carbocycles. The molecular formula is C16H12ClNO3S. The van der Waals surface area contributed by atoms with Crippen LogP contribution < -0.4 is 5.32 Å². The molecule has 0 aromatic heterocycles. The fraction of sp³-hybridized carbons (Fsp3) is 0.125. The van der Waals surface area contributed by atoms with Gasteiger partial charge >= 0.3 is 5.97 Å². The first-order valence-corrected chi connectivity index (χ1v) is 7.96. The standard InChI is InChI=1S/C16H12ClNO3S/c17-12-3-1-2-10(6-12)8-21-16(20)11-4-5-14-13(7-11)18-15(19)9-22-14/h1-7H,8-9H2,(H,18,19). The summed E-state index contributed by atoms with van der Waals surface area (Å²) in [6.07, 6.45) is 0. The number of thioether (sulfide) groups is 1. The molecule has 0 radical (unpaired) electrons. The van der Waals surface area contributed by atoms with Crippen LogP contribution in [0.2, 0.25) is 5.02 Å². The van der Waals surface area contributed by atoms with Gasteiger partial charge in [-0.05, 0) is 35.9 Å². The number of carbonyl (C=O) groups is 2. The summed E-state index contributed by atoms with van der Waals surface area (Å²) in [7, 11) is 0. The minimum Gasteiger partial charge on any atom is -0.457 e. The molecule has 0 spiro atoms. The van der Waals surface area contributed by atoms with Gasteiger partial charge in [0, 0.05) is 9.92 Å². The van der Waals surface area contributed by atoms with Crippen molar-refractivity contribution in [3.63, 3.8) is 0 Å². The molecule has 0 fully saturated rings. The van der Waals surface area contributed by atoms with Gasteiger partial charge in [-0.2, -0.15) is 0 Å². The number of amides is 1. The maximum atomic E-state index is 12.1. The first-order valence-electron chi connectivity index (χ1n) is 6.60. The third kappa shape index (κ3) is 3.43. The highest BCUT2D eigenvalue weighted by Gasteiger charge is 2.17. The van der Waals surface area contributed by atoms with Crippen LogP contribution in [0.4, 0.5) is 5.69 Å². The Labute approximate surface area is 136 Å². The summed E-state index contributed by atoms with van der Waals surface area (Å²) in [5, 5.41) is 3.35. The molecule has 2 aromatic rings. The van der Waals surface area contributed by atoms with E-state index in [0.29, 0.717) is 22.0 Å². The van der Waals surface area contributed by atoms with Gasteiger partial charge in [-0.3, -0.25) is 4.79 Å². The molecule has 1 amide bonds. The van der Waals surface area contributed by atoms with Gasteiger partial charge in [0.1, 0.15) is 6.61 Å². The van der Waals surface area contributed by atoms with Crippen LogP contribution in [-0.4, -0.2) is 17.6 Å². The van der Waals surface area contributed by atoms with Crippen molar-refractivity contribution >= 4 is 40.9 Å². The second-order valence-electron chi connectivity index (χ2n) is 4.75. The molecule has 22 heavy (non-hydrogen) atoms. The van der Waals surface area contributed by atoms with E-state index >= 15 is 0 Å². The van der Waals surface area contributed by atoms with Gasteiger partial charge in [-0.1, -0.05) is 23.7 Å². The summed E-state index contributed by atoms with van der Waals surface area (Å²) >= 11 is 7.34. The molecule has 4 nitrogen and oxygen atoms in total. The lowest BCUT2D eigenvalue weighted by molar-refractivity contribution is -0.113. The van der Waals surface area contributed by atoms with Crippen molar-refractivity contribution in [1.82, 2.24) is 0 Å². The third-order valence-corrected chi connectivity index (χ3v) is 4.42. The van der Waals surface area contributed by atoms with Gasteiger partial charge in [-0.25, -0.2) is 4.79 Å². The molecule has 3 rings (SSSR count). The molecule has 1 heterocycles. The lowest BCUT2D eigenvalue weighted by Crippen LogP contribution is -2.19. The van der Waals surface area contributed by atoms with Gasteiger partial charge < -0.3 is 10.1 Å². The molecule has 1 aliphatic heterocycles. The number of hydrogen-bond donors (Lipinski definition) is 1. The monoisotopic (exact) mass is 333 g/mol. The molecule has 6 heteroatoms. The highest BCUT2D eigenvalue weighted by atomic mass is 35.5. The highest BCUT2D eigenvalue weighted by Crippen LogP contribution is 2.32. The van der Waals surface area contributed by atoms with Gasteiger partial charge in [-0.15, -0.1) is 11.8 Å². The average molecular weight is 334 g/mol. The van der Waals surface area contributed by atoms with Crippen LogP contribution in [0, 0.1) is 0 Å². The molecule has 0 atom stereocenters. The maximum Gasteiger partial charge on any atom is 0.338 e. The minimum absolute atomic E-state index is 0.0676. The second kappa shape index (κ2) is 6.42. The van der Waals surface area contributed by atoms with E-state index in [9.17, 15) is 9.59 Å². The molecule has 0 unspecified atom stereocenters. The van der Waals surface area contributed by atoms with Crippen molar-refractivity contribution in [3.8, 4) is 0 Å². The molecule has 1 N–H and O–H groups in total. The fourth-order valence-electron chi connectivity index (χ4n) is 2.07. The van der Waals surface area contributed by atoms with Crippen LogP contribution in [0.25, 0.3) is 0 Å². The second-order valence-corrected chi connectivity index (χ2v) is 6.21. The summed E-state index contributed by atoms with van der Waals surface area (Å²) in [4.78, 5) is 24.4. The van der Waals surface area contributed by atoms with Crippen LogP contribution in [0.5, 0.6) is 0 Å². The van der Waals surface area contributed by atoms with E-state index in [1.54, 1.807) is 30.3 Å². The highest BCUT2D eigenvalue weighted by molar-refractivity contribution is 8.00. The van der Waals surface area contributed by atoms with E-state index in [-0.39, 0.29) is 12.5 Å². The van der Waals surface area contributed by atoms with Crippen LogP contribution in [-0.2, 0) is 16.1 Å². The Hall–Kier alpha value is -1.98. The number of benzene rings is 2. The smallest absolute Gasteiger partial charge is 0.338 e. The predicted octanol–water partition coefficient (Wildman–Crippen LogP) is 3.74. The van der Waals surface area contributed by atoms with Crippen molar-refractivity contribution in [2.45, 2.75) is 11.5 Å². The number of rotatable bonds is 3. The molecule has 0 saturated heterocycles. The average Bonchev–Trinajstić information content (AvgIpc) is 2.52. The molecule has 0 bridgehead atoms. The molecule has 0 saturated carbocycles. The third-order valence-electron chi connectivity index (χ3n) is 3.11. The maximum absolute atomic E-state index is 12.1. The summed E-state index contributed by atoms with van der Waals surface area (Å²) in [6, 6.07) is 12.3. The van der Waals surface area contributed by atoms with Gasteiger partial charge in [0.25, 0.3) is 0 Å². The normalized spacial score (nSPS) is 13.2. The van der Waals surface area contributed by atoms with E-state index in [2.05, 4.69) is 5.32 Å². The topological polar surface area (TPSA) is 55.4 Å². The number of anilines is 1. The Balaban J connectivity index is 1.70. The lowest BCUT2D eigenvalue weighted by Gasteiger charge is -2.16. The Morgan fingerprint density at radius 3 is 2.95 bits per heavy atom. The summed E-state index contributed by atoms with van der Waals surface area (Å²) in [6.45, 7) is 0.150. The molecule has 112 valence electrons. The van der Waals surface area contributed by atoms with Crippen LogP contribution in [0.3, 0.4) is 0 Å². The molecule has 1 aliphatic rings. The quantitative estimate of drug-likeness (QED) is 0.869. The lowest BCUT2D eigenvalue weighted by atomic mass is 10.2.